The van der Waals surface area contributed by atoms with Crippen molar-refractivity contribution in [1.29, 1.82) is 0 Å². The van der Waals surface area contributed by atoms with Gasteiger partial charge in [-0.05, 0) is 30.5 Å². The first-order valence-electron chi connectivity index (χ1n) is 4.69. The van der Waals surface area contributed by atoms with Crippen LogP contribution in [0.15, 0.2) is 24.3 Å². The van der Waals surface area contributed by atoms with Gasteiger partial charge < -0.3 is 5.73 Å². The zero-order chi connectivity index (χ0) is 9.10. The first kappa shape index (κ1) is 8.34. The summed E-state index contributed by atoms with van der Waals surface area (Å²) in [6.45, 7) is 0.596. The predicted octanol–water partition coefficient (Wildman–Crippen LogP) is 1.91. The van der Waals surface area contributed by atoms with Crippen molar-refractivity contribution in [3.05, 3.63) is 35.4 Å². The van der Waals surface area contributed by atoms with E-state index in [4.69, 9.17) is 5.73 Å². The van der Waals surface area contributed by atoms with E-state index >= 15 is 0 Å². The molecule has 0 atom stereocenters. The topological polar surface area (TPSA) is 26.0 Å². The van der Waals surface area contributed by atoms with E-state index in [1.807, 2.05) is 18.2 Å². The van der Waals surface area contributed by atoms with Crippen LogP contribution in [0.1, 0.15) is 24.0 Å². The number of hydrogen-bond donors (Lipinski definition) is 1. The molecule has 1 saturated carbocycles. The van der Waals surface area contributed by atoms with Crippen molar-refractivity contribution in [1.82, 2.24) is 0 Å². The zero-order valence-corrected chi connectivity index (χ0v) is 7.59. The maximum atomic E-state index is 5.54. The fourth-order valence-electron chi connectivity index (χ4n) is 1.19. The third-order valence-electron chi connectivity index (χ3n) is 2.16. The van der Waals surface area contributed by atoms with E-state index in [1.54, 1.807) is 0 Å². The van der Waals surface area contributed by atoms with Gasteiger partial charge in [-0.1, -0.05) is 24.0 Å². The van der Waals surface area contributed by atoms with E-state index in [9.17, 15) is 0 Å². The molecule has 0 saturated heterocycles. The van der Waals surface area contributed by atoms with Crippen LogP contribution in [0.3, 0.4) is 0 Å². The molecule has 0 spiro atoms. The summed E-state index contributed by atoms with van der Waals surface area (Å²) in [7, 11) is 0. The smallest absolute Gasteiger partial charge is 0.0248 e. The summed E-state index contributed by atoms with van der Waals surface area (Å²) in [5, 5.41) is 0. The van der Waals surface area contributed by atoms with Gasteiger partial charge in [0, 0.05) is 18.0 Å². The molecule has 0 aromatic heterocycles. The third-order valence-corrected chi connectivity index (χ3v) is 2.16. The SMILES string of the molecule is NCc1cccc(C#CC2CC2)c1. The van der Waals surface area contributed by atoms with Gasteiger partial charge in [-0.3, -0.25) is 0 Å². The highest BCUT2D eigenvalue weighted by Gasteiger charge is 2.17. The molecule has 66 valence electrons. The quantitative estimate of drug-likeness (QED) is 0.642. The van der Waals surface area contributed by atoms with Crippen LogP contribution in [0.5, 0.6) is 0 Å². The second kappa shape index (κ2) is 3.64. The molecule has 0 heterocycles. The molecule has 1 aromatic rings. The normalized spacial score (nSPS) is 14.8. The second-order valence-corrected chi connectivity index (χ2v) is 3.45. The van der Waals surface area contributed by atoms with E-state index < -0.39 is 0 Å². The highest BCUT2D eigenvalue weighted by atomic mass is 14.5. The highest BCUT2D eigenvalue weighted by molar-refractivity contribution is 5.37. The maximum Gasteiger partial charge on any atom is 0.0248 e. The minimum absolute atomic E-state index is 0.596. The Bertz CT molecular complexity index is 353. The van der Waals surface area contributed by atoms with E-state index in [1.165, 1.54) is 12.8 Å². The van der Waals surface area contributed by atoms with Crippen LogP contribution >= 0.6 is 0 Å². The lowest BCUT2D eigenvalue weighted by atomic mass is 10.1. The van der Waals surface area contributed by atoms with Gasteiger partial charge in [-0.2, -0.15) is 0 Å². The van der Waals surface area contributed by atoms with Crippen molar-refractivity contribution in [2.24, 2.45) is 11.7 Å². The monoisotopic (exact) mass is 171 g/mol. The summed E-state index contributed by atoms with van der Waals surface area (Å²) < 4.78 is 0. The molecule has 2 N–H and O–H groups in total. The standard InChI is InChI=1S/C12H13N/c13-9-12-3-1-2-11(8-12)7-6-10-4-5-10/h1-3,8,10H,4-5,9,13H2. The average Bonchev–Trinajstić information content (AvgIpc) is 2.99. The van der Waals surface area contributed by atoms with Crippen molar-refractivity contribution in [3.63, 3.8) is 0 Å². The number of nitrogens with two attached hydrogens (primary N) is 1. The maximum absolute atomic E-state index is 5.54. The van der Waals surface area contributed by atoms with Crippen molar-refractivity contribution in [2.45, 2.75) is 19.4 Å². The lowest BCUT2D eigenvalue weighted by Crippen LogP contribution is -1.95. The number of benzene rings is 1. The van der Waals surface area contributed by atoms with Crippen molar-refractivity contribution < 1.29 is 0 Å². The number of hydrogen-bond acceptors (Lipinski definition) is 1. The Kier molecular flexibility index (Phi) is 2.33. The molecule has 13 heavy (non-hydrogen) atoms. The minimum Gasteiger partial charge on any atom is -0.326 e. The third kappa shape index (κ3) is 2.34. The van der Waals surface area contributed by atoms with Crippen LogP contribution in [-0.4, -0.2) is 0 Å². The van der Waals surface area contributed by atoms with Crippen LogP contribution in [0.2, 0.25) is 0 Å². The van der Waals surface area contributed by atoms with Gasteiger partial charge in [0.25, 0.3) is 0 Å². The van der Waals surface area contributed by atoms with Crippen LogP contribution < -0.4 is 5.73 Å². The summed E-state index contributed by atoms with van der Waals surface area (Å²) in [4.78, 5) is 0. The Hall–Kier alpha value is -1.26. The molecule has 1 heteroatoms. The lowest BCUT2D eigenvalue weighted by Gasteiger charge is -1.95. The first-order valence-corrected chi connectivity index (χ1v) is 4.69. The lowest BCUT2D eigenvalue weighted by molar-refractivity contribution is 1.07. The minimum atomic E-state index is 0.596. The van der Waals surface area contributed by atoms with Gasteiger partial charge >= 0.3 is 0 Å². The molecule has 0 amide bonds. The van der Waals surface area contributed by atoms with Crippen molar-refractivity contribution in [2.75, 3.05) is 0 Å². The summed E-state index contributed by atoms with van der Waals surface area (Å²) in [6, 6.07) is 8.14. The van der Waals surface area contributed by atoms with Gasteiger partial charge in [0.05, 0.1) is 0 Å². The van der Waals surface area contributed by atoms with E-state index in [2.05, 4.69) is 17.9 Å². The average molecular weight is 171 g/mol. The van der Waals surface area contributed by atoms with Gasteiger partial charge in [0.2, 0.25) is 0 Å². The molecule has 1 fully saturated rings. The summed E-state index contributed by atoms with van der Waals surface area (Å²) >= 11 is 0. The molecule has 2 rings (SSSR count). The second-order valence-electron chi connectivity index (χ2n) is 3.45. The van der Waals surface area contributed by atoms with Crippen LogP contribution in [0.4, 0.5) is 0 Å². The first-order chi connectivity index (χ1) is 6.38. The predicted molar refractivity (Wildman–Crippen MR) is 53.9 cm³/mol. The van der Waals surface area contributed by atoms with E-state index in [-0.39, 0.29) is 0 Å². The van der Waals surface area contributed by atoms with E-state index in [0.717, 1.165) is 11.1 Å². The Morgan fingerprint density at radius 1 is 1.38 bits per heavy atom. The highest BCUT2D eigenvalue weighted by Crippen LogP contribution is 2.27. The molecular weight excluding hydrogens is 158 g/mol. The Morgan fingerprint density at radius 2 is 2.23 bits per heavy atom. The van der Waals surface area contributed by atoms with Crippen molar-refractivity contribution in [3.8, 4) is 11.8 Å². The van der Waals surface area contributed by atoms with Crippen LogP contribution in [0, 0.1) is 17.8 Å². The zero-order valence-electron chi connectivity index (χ0n) is 7.59. The molecule has 1 nitrogen and oxygen atoms in total. The Labute approximate surface area is 79.0 Å². The molecule has 1 aliphatic rings. The van der Waals surface area contributed by atoms with Gasteiger partial charge in [-0.15, -0.1) is 0 Å². The molecule has 0 unspecified atom stereocenters. The summed E-state index contributed by atoms with van der Waals surface area (Å²) in [5.74, 6) is 7.08. The molecular formula is C12H13N. The molecule has 1 aliphatic carbocycles. The molecule has 0 bridgehead atoms. The van der Waals surface area contributed by atoms with Crippen LogP contribution in [-0.2, 0) is 6.54 Å². The van der Waals surface area contributed by atoms with Gasteiger partial charge in [-0.25, -0.2) is 0 Å². The van der Waals surface area contributed by atoms with Gasteiger partial charge in [0.1, 0.15) is 0 Å². The fourth-order valence-corrected chi connectivity index (χ4v) is 1.19. The van der Waals surface area contributed by atoms with E-state index in [0.29, 0.717) is 12.5 Å². The Morgan fingerprint density at radius 3 is 2.92 bits per heavy atom. The van der Waals surface area contributed by atoms with Gasteiger partial charge in [0.15, 0.2) is 0 Å². The molecule has 0 radical (unpaired) electrons. The summed E-state index contributed by atoms with van der Waals surface area (Å²) in [5.41, 5.74) is 7.79. The number of rotatable bonds is 1. The molecule has 0 aliphatic heterocycles. The molecule has 1 aromatic carbocycles. The fraction of sp³-hybridized carbons (Fsp3) is 0.333. The van der Waals surface area contributed by atoms with Crippen LogP contribution in [0.25, 0.3) is 0 Å². The largest absolute Gasteiger partial charge is 0.326 e. The Balaban J connectivity index is 2.15. The van der Waals surface area contributed by atoms with Crippen molar-refractivity contribution >= 4 is 0 Å². The summed E-state index contributed by atoms with van der Waals surface area (Å²) in [6.07, 6.45) is 2.56.